The van der Waals surface area contributed by atoms with Gasteiger partial charge in [-0.3, -0.25) is 4.79 Å². The van der Waals surface area contributed by atoms with Gasteiger partial charge in [0.25, 0.3) is 11.6 Å². The number of hydrogen-bond donors (Lipinski definition) is 1. The van der Waals surface area contributed by atoms with Crippen LogP contribution in [0.15, 0.2) is 53.6 Å². The Labute approximate surface area is 158 Å². The van der Waals surface area contributed by atoms with E-state index < -0.39 is 24.2 Å². The van der Waals surface area contributed by atoms with Crippen LogP contribution in [0.2, 0.25) is 0 Å². The van der Waals surface area contributed by atoms with Crippen LogP contribution in [0.3, 0.4) is 0 Å². The van der Waals surface area contributed by atoms with Crippen LogP contribution < -0.4 is 9.47 Å². The molecule has 148 valence electrons. The third-order valence-corrected chi connectivity index (χ3v) is 4.23. The monoisotopic (exact) mass is 394 g/mol. The van der Waals surface area contributed by atoms with Crippen LogP contribution in [0.4, 0.5) is 13.2 Å². The summed E-state index contributed by atoms with van der Waals surface area (Å²) in [5.74, 6) is 0.0465. The van der Waals surface area contributed by atoms with Gasteiger partial charge in [-0.05, 0) is 29.8 Å². The topological polar surface area (TPSA) is 71.4 Å². The number of hydrogen-bond acceptors (Lipinski definition) is 5. The van der Waals surface area contributed by atoms with Crippen molar-refractivity contribution in [2.24, 2.45) is 5.10 Å². The van der Waals surface area contributed by atoms with Gasteiger partial charge in [0, 0.05) is 18.2 Å². The first-order valence-corrected chi connectivity index (χ1v) is 8.27. The fourth-order valence-corrected chi connectivity index (χ4v) is 2.65. The molecule has 0 fully saturated rings. The summed E-state index contributed by atoms with van der Waals surface area (Å²) >= 11 is 0. The van der Waals surface area contributed by atoms with Gasteiger partial charge in [0.05, 0.1) is 7.11 Å². The summed E-state index contributed by atoms with van der Waals surface area (Å²) < 4.78 is 50.2. The third kappa shape index (κ3) is 3.65. The molecule has 2 aromatic rings. The van der Waals surface area contributed by atoms with Crippen molar-refractivity contribution < 1.29 is 32.5 Å². The zero-order chi connectivity index (χ0) is 20.4. The molecule has 1 aliphatic heterocycles. The van der Waals surface area contributed by atoms with Crippen LogP contribution >= 0.6 is 0 Å². The number of ether oxygens (including phenoxy) is 2. The van der Waals surface area contributed by atoms with E-state index in [-0.39, 0.29) is 17.2 Å². The predicted molar refractivity (Wildman–Crippen MR) is 94.1 cm³/mol. The quantitative estimate of drug-likeness (QED) is 0.844. The summed E-state index contributed by atoms with van der Waals surface area (Å²) in [6.07, 6.45) is -4.98. The van der Waals surface area contributed by atoms with Gasteiger partial charge in [0.2, 0.25) is 0 Å². The van der Waals surface area contributed by atoms with Crippen molar-refractivity contribution in [2.45, 2.75) is 24.9 Å². The molecular weight excluding hydrogens is 377 g/mol. The molecule has 1 N–H and O–H groups in total. The van der Waals surface area contributed by atoms with E-state index in [4.69, 9.17) is 9.47 Å². The second kappa shape index (κ2) is 7.51. The number of methoxy groups -OCH3 is 1. The van der Waals surface area contributed by atoms with Gasteiger partial charge in [-0.1, -0.05) is 24.3 Å². The lowest BCUT2D eigenvalue weighted by Crippen LogP contribution is -2.56. The van der Waals surface area contributed by atoms with Crippen LogP contribution in [0.1, 0.15) is 22.3 Å². The Morgan fingerprint density at radius 2 is 1.82 bits per heavy atom. The van der Waals surface area contributed by atoms with Crippen molar-refractivity contribution in [1.29, 1.82) is 0 Å². The first-order valence-electron chi connectivity index (χ1n) is 8.27. The minimum atomic E-state index is -5.03. The summed E-state index contributed by atoms with van der Waals surface area (Å²) in [5.41, 5.74) is -2.68. The summed E-state index contributed by atoms with van der Waals surface area (Å²) in [5, 5.41) is 13.3. The summed E-state index contributed by atoms with van der Waals surface area (Å²) in [6.45, 7) is 0.170. The molecule has 0 radical (unpaired) electrons. The van der Waals surface area contributed by atoms with Gasteiger partial charge in [0.1, 0.15) is 6.61 Å². The molecule has 0 saturated carbocycles. The van der Waals surface area contributed by atoms with Crippen LogP contribution in [0, 0.1) is 0 Å². The highest BCUT2D eigenvalue weighted by atomic mass is 19.4. The Bertz CT molecular complexity index is 883. The lowest BCUT2D eigenvalue weighted by atomic mass is 10.1. The fraction of sp³-hybridized carbons (Fsp3) is 0.263. The van der Waals surface area contributed by atoms with Gasteiger partial charge in [-0.15, -0.1) is 0 Å². The average molecular weight is 394 g/mol. The molecule has 6 nitrogen and oxygen atoms in total. The predicted octanol–water partition coefficient (Wildman–Crippen LogP) is 3.36. The maximum atomic E-state index is 13.1. The molecule has 1 amide bonds. The standard InChI is InChI=1S/C19H17F3N2O4/c1-27-15-4-2-3-5-16(15)28-12-13-6-8-14(9-7-13)17(25)24-18(26,10-11-23-24)19(20,21)22/h2-9,11,26H,10,12H2,1H3/t18-/m1/s1. The number of nitrogens with zero attached hydrogens (tertiary/aromatic N) is 2. The Morgan fingerprint density at radius 3 is 2.43 bits per heavy atom. The minimum absolute atomic E-state index is 0.0391. The van der Waals surface area contributed by atoms with E-state index in [2.05, 4.69) is 5.10 Å². The lowest BCUT2D eigenvalue weighted by molar-refractivity contribution is -0.297. The van der Waals surface area contributed by atoms with E-state index in [0.29, 0.717) is 17.1 Å². The SMILES string of the molecule is COc1ccccc1OCc1ccc(C(=O)N2N=CC[C@@]2(O)C(F)(F)F)cc1. The largest absolute Gasteiger partial charge is 0.493 e. The van der Waals surface area contributed by atoms with Crippen LogP contribution in [-0.2, 0) is 6.61 Å². The Morgan fingerprint density at radius 1 is 1.18 bits per heavy atom. The molecule has 0 aromatic heterocycles. The molecule has 0 aliphatic carbocycles. The first-order chi connectivity index (χ1) is 13.3. The highest BCUT2D eigenvalue weighted by Gasteiger charge is 2.61. The van der Waals surface area contributed by atoms with E-state index in [1.807, 2.05) is 0 Å². The molecule has 0 saturated heterocycles. The molecule has 0 spiro atoms. The van der Waals surface area contributed by atoms with E-state index >= 15 is 0 Å². The highest BCUT2D eigenvalue weighted by molar-refractivity contribution is 5.95. The van der Waals surface area contributed by atoms with Crippen LogP contribution in [-0.4, -0.2) is 41.2 Å². The molecule has 2 aromatic carbocycles. The minimum Gasteiger partial charge on any atom is -0.493 e. The van der Waals surface area contributed by atoms with Gasteiger partial charge >= 0.3 is 6.18 Å². The molecule has 0 unspecified atom stereocenters. The average Bonchev–Trinajstić information content (AvgIpc) is 3.09. The number of halogens is 3. The molecule has 1 heterocycles. The maximum Gasteiger partial charge on any atom is 0.438 e. The molecule has 1 aliphatic rings. The highest BCUT2D eigenvalue weighted by Crippen LogP contribution is 2.39. The number of carbonyl (C=O) groups is 1. The number of hydrazone groups is 1. The van der Waals surface area contributed by atoms with Crippen LogP contribution in [0.25, 0.3) is 0 Å². The molecule has 0 bridgehead atoms. The van der Waals surface area contributed by atoms with E-state index in [0.717, 1.165) is 6.21 Å². The van der Waals surface area contributed by atoms with E-state index in [9.17, 15) is 23.1 Å². The van der Waals surface area contributed by atoms with Crippen molar-refractivity contribution >= 4 is 12.1 Å². The molecule has 3 rings (SSSR count). The number of rotatable bonds is 5. The van der Waals surface area contributed by atoms with Crippen molar-refractivity contribution in [3.63, 3.8) is 0 Å². The maximum absolute atomic E-state index is 13.1. The van der Waals surface area contributed by atoms with E-state index in [1.54, 1.807) is 36.4 Å². The second-order valence-electron chi connectivity index (χ2n) is 6.07. The number of amides is 1. The Kier molecular flexibility index (Phi) is 5.28. The Balaban J connectivity index is 1.70. The summed E-state index contributed by atoms with van der Waals surface area (Å²) in [4.78, 5) is 12.4. The zero-order valence-corrected chi connectivity index (χ0v) is 14.8. The van der Waals surface area contributed by atoms with Crippen molar-refractivity contribution in [3.8, 4) is 11.5 Å². The van der Waals surface area contributed by atoms with Crippen molar-refractivity contribution in [1.82, 2.24) is 5.01 Å². The van der Waals surface area contributed by atoms with Gasteiger partial charge in [-0.25, -0.2) is 0 Å². The van der Waals surface area contributed by atoms with Crippen molar-refractivity contribution in [3.05, 3.63) is 59.7 Å². The second-order valence-corrected chi connectivity index (χ2v) is 6.07. The number of benzene rings is 2. The third-order valence-electron chi connectivity index (χ3n) is 4.23. The first kappa shape index (κ1) is 19.7. The zero-order valence-electron chi connectivity index (χ0n) is 14.8. The smallest absolute Gasteiger partial charge is 0.438 e. The lowest BCUT2D eigenvalue weighted by Gasteiger charge is -2.32. The van der Waals surface area contributed by atoms with Gasteiger partial charge in [-0.2, -0.15) is 23.3 Å². The Hall–Kier alpha value is -3.07. The van der Waals surface area contributed by atoms with Crippen LogP contribution in [0.5, 0.6) is 11.5 Å². The normalized spacial score (nSPS) is 19.0. The summed E-state index contributed by atoms with van der Waals surface area (Å²) in [6, 6.07) is 12.9. The van der Waals surface area contributed by atoms with Gasteiger partial charge in [0.15, 0.2) is 11.5 Å². The summed E-state index contributed by atoms with van der Waals surface area (Å²) in [7, 11) is 1.52. The van der Waals surface area contributed by atoms with Crippen molar-refractivity contribution in [2.75, 3.05) is 7.11 Å². The molecule has 1 atom stereocenters. The van der Waals surface area contributed by atoms with E-state index in [1.165, 1.54) is 19.2 Å². The number of para-hydroxylation sites is 2. The van der Waals surface area contributed by atoms with Gasteiger partial charge < -0.3 is 14.6 Å². The number of alkyl halides is 3. The molecule has 28 heavy (non-hydrogen) atoms. The fourth-order valence-electron chi connectivity index (χ4n) is 2.65. The molecular formula is C19H17F3N2O4. The molecule has 9 heteroatoms. The number of aliphatic hydroxyl groups is 1. The number of carbonyl (C=O) groups excluding carboxylic acids is 1.